The maximum atomic E-state index is 12.3. The molecule has 2 aromatic carbocycles. The Balaban J connectivity index is 2.22. The van der Waals surface area contributed by atoms with Gasteiger partial charge in [-0.05, 0) is 23.8 Å². The minimum atomic E-state index is -3.61. The molecule has 2 rings (SSSR count). The van der Waals surface area contributed by atoms with Crippen molar-refractivity contribution in [1.82, 2.24) is 4.72 Å². The van der Waals surface area contributed by atoms with Gasteiger partial charge < -0.3 is 4.74 Å². The number of nitrogens with one attached hydrogen (secondary N) is 1. The Hall–Kier alpha value is -1.37. The molecular weight excluding hydrogens is 342 g/mol. The van der Waals surface area contributed by atoms with Gasteiger partial charge in [0, 0.05) is 11.0 Å². The molecule has 0 radical (unpaired) electrons. The molecule has 0 unspecified atom stereocenters. The van der Waals surface area contributed by atoms with Crippen molar-refractivity contribution in [3.05, 3.63) is 58.6 Å². The van der Waals surface area contributed by atoms with Gasteiger partial charge in [0.1, 0.15) is 10.6 Å². The summed E-state index contributed by atoms with van der Waals surface area (Å²) in [7, 11) is -2.17. The lowest BCUT2D eigenvalue weighted by Gasteiger charge is -2.11. The zero-order chi connectivity index (χ0) is 14.6. The summed E-state index contributed by atoms with van der Waals surface area (Å²) in [5.74, 6) is 0.305. The average molecular weight is 356 g/mol. The van der Waals surface area contributed by atoms with Crippen LogP contribution in [0.3, 0.4) is 0 Å². The third kappa shape index (κ3) is 3.59. The average Bonchev–Trinajstić information content (AvgIpc) is 2.46. The third-order valence-electron chi connectivity index (χ3n) is 2.72. The SMILES string of the molecule is COc1cc(Br)ccc1S(=O)(=O)NCc1ccccc1. The molecule has 0 saturated carbocycles. The van der Waals surface area contributed by atoms with E-state index in [0.29, 0.717) is 5.75 Å². The first kappa shape index (κ1) is 15.0. The topological polar surface area (TPSA) is 55.4 Å². The van der Waals surface area contributed by atoms with Gasteiger partial charge in [0.05, 0.1) is 7.11 Å². The van der Waals surface area contributed by atoms with Gasteiger partial charge in [-0.25, -0.2) is 13.1 Å². The predicted molar refractivity (Wildman–Crippen MR) is 81.2 cm³/mol. The molecule has 0 aliphatic rings. The van der Waals surface area contributed by atoms with Gasteiger partial charge >= 0.3 is 0 Å². The van der Waals surface area contributed by atoms with Gasteiger partial charge in [-0.15, -0.1) is 0 Å². The highest BCUT2D eigenvalue weighted by Gasteiger charge is 2.19. The minimum absolute atomic E-state index is 0.124. The van der Waals surface area contributed by atoms with Crippen LogP contribution in [-0.2, 0) is 16.6 Å². The smallest absolute Gasteiger partial charge is 0.244 e. The van der Waals surface area contributed by atoms with Crippen LogP contribution in [0.5, 0.6) is 5.75 Å². The zero-order valence-electron chi connectivity index (χ0n) is 10.8. The van der Waals surface area contributed by atoms with Crippen molar-refractivity contribution in [2.24, 2.45) is 0 Å². The first-order valence-corrected chi connectivity index (χ1v) is 8.17. The largest absolute Gasteiger partial charge is 0.495 e. The summed E-state index contributed by atoms with van der Waals surface area (Å²) >= 11 is 3.28. The number of halogens is 1. The van der Waals surface area contributed by atoms with Crippen LogP contribution in [0.1, 0.15) is 5.56 Å². The van der Waals surface area contributed by atoms with E-state index in [-0.39, 0.29) is 11.4 Å². The molecule has 0 aliphatic carbocycles. The number of benzene rings is 2. The van der Waals surface area contributed by atoms with Crippen LogP contribution in [0, 0.1) is 0 Å². The minimum Gasteiger partial charge on any atom is -0.495 e. The van der Waals surface area contributed by atoms with Gasteiger partial charge in [0.25, 0.3) is 0 Å². The second-order valence-electron chi connectivity index (χ2n) is 4.11. The number of hydrogen-bond acceptors (Lipinski definition) is 3. The van der Waals surface area contributed by atoms with Crippen LogP contribution in [0.2, 0.25) is 0 Å². The normalized spacial score (nSPS) is 11.3. The molecule has 0 fully saturated rings. The number of rotatable bonds is 5. The van der Waals surface area contributed by atoms with Crippen molar-refractivity contribution in [2.45, 2.75) is 11.4 Å². The van der Waals surface area contributed by atoms with Crippen LogP contribution < -0.4 is 9.46 Å². The highest BCUT2D eigenvalue weighted by Crippen LogP contribution is 2.27. The summed E-state index contributed by atoms with van der Waals surface area (Å²) in [5, 5.41) is 0. The predicted octanol–water partition coefficient (Wildman–Crippen LogP) is 2.94. The quantitative estimate of drug-likeness (QED) is 0.896. The molecule has 0 amide bonds. The van der Waals surface area contributed by atoms with E-state index in [1.165, 1.54) is 13.2 Å². The van der Waals surface area contributed by atoms with Crippen molar-refractivity contribution in [2.75, 3.05) is 7.11 Å². The molecule has 0 bridgehead atoms. The first-order chi connectivity index (χ1) is 9.53. The molecule has 0 aliphatic heterocycles. The number of hydrogen-bond donors (Lipinski definition) is 1. The molecule has 4 nitrogen and oxygen atoms in total. The molecule has 0 atom stereocenters. The van der Waals surface area contributed by atoms with Gasteiger partial charge in [0.2, 0.25) is 10.0 Å². The van der Waals surface area contributed by atoms with E-state index in [1.54, 1.807) is 12.1 Å². The Morgan fingerprint density at radius 3 is 2.50 bits per heavy atom. The van der Waals surface area contributed by atoms with E-state index in [9.17, 15) is 8.42 Å². The molecule has 1 N–H and O–H groups in total. The summed E-state index contributed by atoms with van der Waals surface area (Å²) in [6.07, 6.45) is 0. The fraction of sp³-hybridized carbons (Fsp3) is 0.143. The standard InChI is InChI=1S/C14H14BrNO3S/c1-19-13-9-12(15)7-8-14(13)20(17,18)16-10-11-5-3-2-4-6-11/h2-9,16H,10H2,1H3. The van der Waals surface area contributed by atoms with Crippen LogP contribution >= 0.6 is 15.9 Å². The lowest BCUT2D eigenvalue weighted by molar-refractivity contribution is 0.402. The Kier molecular flexibility index (Phi) is 4.80. The Morgan fingerprint density at radius 2 is 1.85 bits per heavy atom. The molecule has 0 heterocycles. The monoisotopic (exact) mass is 355 g/mol. The van der Waals surface area contributed by atoms with Crippen molar-refractivity contribution >= 4 is 26.0 Å². The maximum Gasteiger partial charge on any atom is 0.244 e. The molecular formula is C14H14BrNO3S. The molecule has 0 saturated heterocycles. The number of sulfonamides is 1. The Bertz CT molecular complexity index is 687. The van der Waals surface area contributed by atoms with Crippen molar-refractivity contribution in [1.29, 1.82) is 0 Å². The van der Waals surface area contributed by atoms with Gasteiger partial charge in [-0.3, -0.25) is 0 Å². The van der Waals surface area contributed by atoms with E-state index in [0.717, 1.165) is 10.0 Å². The maximum absolute atomic E-state index is 12.3. The highest BCUT2D eigenvalue weighted by atomic mass is 79.9. The fourth-order valence-electron chi connectivity index (χ4n) is 1.72. The van der Waals surface area contributed by atoms with Crippen LogP contribution in [0.4, 0.5) is 0 Å². The molecule has 6 heteroatoms. The van der Waals surface area contributed by atoms with Crippen molar-refractivity contribution < 1.29 is 13.2 Å². The van der Waals surface area contributed by atoms with E-state index >= 15 is 0 Å². The second-order valence-corrected chi connectivity index (χ2v) is 6.76. The third-order valence-corrected chi connectivity index (χ3v) is 4.66. The van der Waals surface area contributed by atoms with E-state index in [4.69, 9.17) is 4.74 Å². The summed E-state index contributed by atoms with van der Waals surface area (Å²) in [4.78, 5) is 0.124. The second kappa shape index (κ2) is 6.39. The highest BCUT2D eigenvalue weighted by molar-refractivity contribution is 9.10. The molecule has 0 spiro atoms. The van der Waals surface area contributed by atoms with Crippen LogP contribution in [0.25, 0.3) is 0 Å². The van der Waals surface area contributed by atoms with E-state index in [2.05, 4.69) is 20.7 Å². The van der Waals surface area contributed by atoms with Crippen LogP contribution in [-0.4, -0.2) is 15.5 Å². The van der Waals surface area contributed by atoms with Gasteiger partial charge in [-0.2, -0.15) is 0 Å². The summed E-state index contributed by atoms with van der Waals surface area (Å²) < 4.78 is 33.0. The lowest BCUT2D eigenvalue weighted by Crippen LogP contribution is -2.23. The summed E-state index contributed by atoms with van der Waals surface area (Å²) in [6.45, 7) is 0.238. The van der Waals surface area contributed by atoms with Gasteiger partial charge in [0.15, 0.2) is 0 Å². The lowest BCUT2D eigenvalue weighted by atomic mass is 10.2. The number of methoxy groups -OCH3 is 1. The Labute approximate surface area is 127 Å². The fourth-order valence-corrected chi connectivity index (χ4v) is 3.22. The summed E-state index contributed by atoms with van der Waals surface area (Å²) in [5.41, 5.74) is 0.896. The van der Waals surface area contributed by atoms with Crippen LogP contribution in [0.15, 0.2) is 57.9 Å². The first-order valence-electron chi connectivity index (χ1n) is 5.90. The molecule has 20 heavy (non-hydrogen) atoms. The molecule has 0 aromatic heterocycles. The number of ether oxygens (including phenoxy) is 1. The Morgan fingerprint density at radius 1 is 1.15 bits per heavy atom. The van der Waals surface area contributed by atoms with Crippen molar-refractivity contribution in [3.8, 4) is 5.75 Å². The van der Waals surface area contributed by atoms with Gasteiger partial charge in [-0.1, -0.05) is 46.3 Å². The summed E-state index contributed by atoms with van der Waals surface area (Å²) in [6, 6.07) is 14.1. The van der Waals surface area contributed by atoms with E-state index in [1.807, 2.05) is 30.3 Å². The zero-order valence-corrected chi connectivity index (χ0v) is 13.2. The molecule has 2 aromatic rings. The van der Waals surface area contributed by atoms with E-state index < -0.39 is 10.0 Å². The molecule has 106 valence electrons. The van der Waals surface area contributed by atoms with Crippen molar-refractivity contribution in [3.63, 3.8) is 0 Å².